The van der Waals surface area contributed by atoms with Gasteiger partial charge in [0, 0.05) is 12.6 Å². The molecule has 148 valence electrons. The predicted molar refractivity (Wildman–Crippen MR) is 105 cm³/mol. The van der Waals surface area contributed by atoms with E-state index in [1.807, 2.05) is 32.3 Å². The summed E-state index contributed by atoms with van der Waals surface area (Å²) in [6.07, 6.45) is 5.84. The molecule has 1 heterocycles. The van der Waals surface area contributed by atoms with Gasteiger partial charge in [0.05, 0.1) is 11.8 Å². The van der Waals surface area contributed by atoms with Gasteiger partial charge in [-0.25, -0.2) is 0 Å². The zero-order valence-electron chi connectivity index (χ0n) is 16.4. The number of nitrogens with one attached hydrogen (secondary N) is 1. The molecular formula is C22H27N3O3. The molecule has 2 fully saturated rings. The van der Waals surface area contributed by atoms with E-state index in [2.05, 4.69) is 34.5 Å². The molecule has 1 N–H and O–H groups in total. The number of hydrogen-bond donors (Lipinski definition) is 1. The Bertz CT molecular complexity index is 775. The fourth-order valence-electron chi connectivity index (χ4n) is 4.87. The number of likely N-dealkylation sites (N-methyl/N-ethyl adjacent to an activating group) is 1. The Labute approximate surface area is 165 Å². The van der Waals surface area contributed by atoms with Gasteiger partial charge in [-0.3, -0.25) is 19.3 Å². The van der Waals surface area contributed by atoms with Crippen LogP contribution >= 0.6 is 0 Å². The van der Waals surface area contributed by atoms with E-state index in [-0.39, 0.29) is 54.0 Å². The van der Waals surface area contributed by atoms with E-state index in [1.54, 1.807) is 0 Å². The molecule has 1 aliphatic heterocycles. The monoisotopic (exact) mass is 381 g/mol. The van der Waals surface area contributed by atoms with Gasteiger partial charge in [-0.1, -0.05) is 42.5 Å². The second-order valence-corrected chi connectivity index (χ2v) is 8.37. The van der Waals surface area contributed by atoms with Gasteiger partial charge >= 0.3 is 0 Å². The maximum Gasteiger partial charge on any atom is 0.240 e. The van der Waals surface area contributed by atoms with Crippen LogP contribution in [0.5, 0.6) is 0 Å². The van der Waals surface area contributed by atoms with Crippen molar-refractivity contribution in [3.05, 3.63) is 48.0 Å². The molecule has 2 bridgehead atoms. The summed E-state index contributed by atoms with van der Waals surface area (Å²) < 4.78 is 0. The fraction of sp³-hybridized carbons (Fsp3) is 0.500. The van der Waals surface area contributed by atoms with Gasteiger partial charge in [0.15, 0.2) is 0 Å². The number of carbonyl (C=O) groups excluding carboxylic acids is 3. The fourth-order valence-corrected chi connectivity index (χ4v) is 4.87. The molecule has 1 aromatic rings. The van der Waals surface area contributed by atoms with Crippen molar-refractivity contribution < 1.29 is 14.4 Å². The van der Waals surface area contributed by atoms with Crippen molar-refractivity contribution in [3.8, 4) is 0 Å². The molecule has 3 amide bonds. The zero-order chi connectivity index (χ0) is 19.8. The Morgan fingerprint density at radius 1 is 1.11 bits per heavy atom. The van der Waals surface area contributed by atoms with Gasteiger partial charge in [0.25, 0.3) is 0 Å². The number of amides is 3. The first-order valence-corrected chi connectivity index (χ1v) is 9.96. The SMILES string of the molecule is CN(C)C(CNC(=O)CN1C(=O)C2C3C=CC(C3)C2C1=O)Cc1ccccc1. The van der Waals surface area contributed by atoms with Gasteiger partial charge < -0.3 is 10.2 Å². The molecule has 5 atom stereocenters. The standard InChI is InChI=1S/C22H27N3O3/c1-24(2)17(10-14-6-4-3-5-7-14)12-23-18(26)13-25-21(27)19-15-8-9-16(11-15)20(19)22(25)28/h3-9,15-17,19-20H,10-13H2,1-2H3,(H,23,26). The van der Waals surface area contributed by atoms with E-state index >= 15 is 0 Å². The zero-order valence-corrected chi connectivity index (χ0v) is 16.4. The first-order chi connectivity index (χ1) is 13.5. The lowest BCUT2D eigenvalue weighted by Gasteiger charge is -2.25. The quantitative estimate of drug-likeness (QED) is 0.567. The summed E-state index contributed by atoms with van der Waals surface area (Å²) in [5.74, 6) is -0.773. The lowest BCUT2D eigenvalue weighted by molar-refractivity contribution is -0.144. The van der Waals surface area contributed by atoms with Crippen LogP contribution in [0.2, 0.25) is 0 Å². The third-order valence-electron chi connectivity index (χ3n) is 6.44. The van der Waals surface area contributed by atoms with Gasteiger partial charge in [0.2, 0.25) is 17.7 Å². The molecular weight excluding hydrogens is 354 g/mol. The first kappa shape index (κ1) is 18.9. The minimum atomic E-state index is -0.276. The topological polar surface area (TPSA) is 69.7 Å². The van der Waals surface area contributed by atoms with Crippen molar-refractivity contribution >= 4 is 17.7 Å². The first-order valence-electron chi connectivity index (χ1n) is 9.96. The summed E-state index contributed by atoms with van der Waals surface area (Å²) in [5, 5.41) is 2.91. The number of hydrogen-bond acceptors (Lipinski definition) is 4. The van der Waals surface area contributed by atoms with Crippen LogP contribution in [0.15, 0.2) is 42.5 Å². The largest absolute Gasteiger partial charge is 0.353 e. The van der Waals surface area contributed by atoms with Crippen LogP contribution in [-0.2, 0) is 20.8 Å². The van der Waals surface area contributed by atoms with E-state index in [0.29, 0.717) is 6.54 Å². The van der Waals surface area contributed by atoms with Crippen LogP contribution in [0.4, 0.5) is 0 Å². The van der Waals surface area contributed by atoms with E-state index < -0.39 is 0 Å². The maximum atomic E-state index is 12.7. The third kappa shape index (κ3) is 3.37. The minimum absolute atomic E-state index is 0.135. The van der Waals surface area contributed by atoms with Gasteiger partial charge in [0.1, 0.15) is 6.54 Å². The predicted octanol–water partition coefficient (Wildman–Crippen LogP) is 1.08. The average molecular weight is 381 g/mol. The summed E-state index contributed by atoms with van der Waals surface area (Å²) in [7, 11) is 3.97. The highest BCUT2D eigenvalue weighted by Crippen LogP contribution is 2.52. The number of carbonyl (C=O) groups is 3. The number of imide groups is 1. The maximum absolute atomic E-state index is 12.7. The molecule has 0 radical (unpaired) electrons. The summed E-state index contributed by atoms with van der Waals surface area (Å²) in [6.45, 7) is 0.298. The summed E-state index contributed by atoms with van der Waals surface area (Å²) >= 11 is 0. The smallest absolute Gasteiger partial charge is 0.240 e. The highest BCUT2D eigenvalue weighted by atomic mass is 16.2. The number of fused-ring (bicyclic) bond motifs is 5. The Morgan fingerprint density at radius 2 is 1.71 bits per heavy atom. The lowest BCUT2D eigenvalue weighted by atomic mass is 9.85. The van der Waals surface area contributed by atoms with E-state index in [1.165, 1.54) is 10.5 Å². The van der Waals surface area contributed by atoms with Crippen molar-refractivity contribution in [2.75, 3.05) is 27.2 Å². The molecule has 1 aromatic carbocycles. The van der Waals surface area contributed by atoms with Crippen LogP contribution in [0, 0.1) is 23.7 Å². The van der Waals surface area contributed by atoms with Gasteiger partial charge in [-0.05, 0) is 44.3 Å². The lowest BCUT2D eigenvalue weighted by Crippen LogP contribution is -2.46. The van der Waals surface area contributed by atoms with E-state index in [4.69, 9.17) is 0 Å². The minimum Gasteiger partial charge on any atom is -0.353 e. The van der Waals surface area contributed by atoms with Crippen LogP contribution in [0.1, 0.15) is 12.0 Å². The molecule has 0 spiro atoms. The van der Waals surface area contributed by atoms with Crippen molar-refractivity contribution in [1.29, 1.82) is 0 Å². The molecule has 28 heavy (non-hydrogen) atoms. The van der Waals surface area contributed by atoms with Crippen LogP contribution < -0.4 is 5.32 Å². The number of rotatable bonds is 7. The summed E-state index contributed by atoms with van der Waals surface area (Å²) in [4.78, 5) is 41.1. The summed E-state index contributed by atoms with van der Waals surface area (Å²) in [6, 6.07) is 10.3. The van der Waals surface area contributed by atoms with Crippen LogP contribution in [0.25, 0.3) is 0 Å². The number of likely N-dealkylation sites (tertiary alicyclic amines) is 1. The Hall–Kier alpha value is -2.47. The Morgan fingerprint density at radius 3 is 2.29 bits per heavy atom. The molecule has 5 unspecified atom stereocenters. The van der Waals surface area contributed by atoms with Gasteiger partial charge in [-0.2, -0.15) is 0 Å². The molecule has 3 aliphatic rings. The second kappa shape index (κ2) is 7.51. The molecule has 6 nitrogen and oxygen atoms in total. The van der Waals surface area contributed by atoms with Crippen molar-refractivity contribution in [2.45, 2.75) is 18.9 Å². The van der Waals surface area contributed by atoms with Gasteiger partial charge in [-0.15, -0.1) is 0 Å². The van der Waals surface area contributed by atoms with Crippen LogP contribution in [-0.4, -0.2) is 60.7 Å². The number of benzene rings is 1. The number of nitrogens with zero attached hydrogens (tertiary/aromatic N) is 2. The average Bonchev–Trinajstić information content (AvgIpc) is 3.36. The Kier molecular flexibility index (Phi) is 5.06. The van der Waals surface area contributed by atoms with Crippen LogP contribution in [0.3, 0.4) is 0 Å². The molecule has 1 saturated heterocycles. The highest BCUT2D eigenvalue weighted by Gasteiger charge is 2.59. The normalized spacial score (nSPS) is 28.9. The van der Waals surface area contributed by atoms with Crippen molar-refractivity contribution in [1.82, 2.24) is 15.1 Å². The number of allylic oxidation sites excluding steroid dienone is 2. The van der Waals surface area contributed by atoms with E-state index in [9.17, 15) is 14.4 Å². The van der Waals surface area contributed by atoms with Crippen molar-refractivity contribution in [3.63, 3.8) is 0 Å². The molecule has 1 saturated carbocycles. The summed E-state index contributed by atoms with van der Waals surface area (Å²) in [5.41, 5.74) is 1.20. The van der Waals surface area contributed by atoms with Crippen molar-refractivity contribution in [2.24, 2.45) is 23.7 Å². The Balaban J connectivity index is 1.33. The molecule has 0 aromatic heterocycles. The second-order valence-electron chi connectivity index (χ2n) is 8.37. The highest BCUT2D eigenvalue weighted by molar-refractivity contribution is 6.08. The third-order valence-corrected chi connectivity index (χ3v) is 6.44. The molecule has 4 rings (SSSR count). The van der Waals surface area contributed by atoms with E-state index in [0.717, 1.165) is 12.8 Å². The molecule has 2 aliphatic carbocycles. The molecule has 6 heteroatoms.